The minimum absolute atomic E-state index is 0.0668. The van der Waals surface area contributed by atoms with Crippen molar-refractivity contribution in [3.8, 4) is 0 Å². The van der Waals surface area contributed by atoms with Crippen molar-refractivity contribution < 1.29 is 4.39 Å². The van der Waals surface area contributed by atoms with Crippen LogP contribution in [0.1, 0.15) is 15.8 Å². The lowest BCUT2D eigenvalue weighted by atomic mass is 10.1. The molecule has 0 nitrogen and oxygen atoms in total. The maximum Gasteiger partial charge on any atom is 0.124 e. The van der Waals surface area contributed by atoms with Crippen molar-refractivity contribution in [1.29, 1.82) is 0 Å². The summed E-state index contributed by atoms with van der Waals surface area (Å²) in [5.41, 5.74) is 1.21. The molecule has 1 heterocycles. The van der Waals surface area contributed by atoms with Gasteiger partial charge in [-0.1, -0.05) is 36.4 Å². The van der Waals surface area contributed by atoms with Crippen LogP contribution in [0, 0.1) is 5.82 Å². The molecule has 3 rings (SSSR count). The highest BCUT2D eigenvalue weighted by atomic mass is 35.5. The average molecular weight is 291 g/mol. The van der Waals surface area contributed by atoms with E-state index in [1.807, 2.05) is 18.2 Å². The predicted molar refractivity (Wildman–Crippen MR) is 80.5 cm³/mol. The molecule has 0 bridgehead atoms. The summed E-state index contributed by atoms with van der Waals surface area (Å²) in [6.45, 7) is 0. The molecule has 2 aromatic carbocycles. The number of hydrogen-bond acceptors (Lipinski definition) is 1. The van der Waals surface area contributed by atoms with Crippen LogP contribution in [0.5, 0.6) is 0 Å². The topological polar surface area (TPSA) is 0 Å². The van der Waals surface area contributed by atoms with Crippen molar-refractivity contribution in [2.75, 3.05) is 0 Å². The normalized spacial score (nSPS) is 12.7. The molecule has 0 aliphatic heterocycles. The van der Waals surface area contributed by atoms with Crippen LogP contribution in [0.15, 0.2) is 54.6 Å². The summed E-state index contributed by atoms with van der Waals surface area (Å²) in [6.07, 6.45) is 0.789. The third kappa shape index (κ3) is 2.80. The summed E-state index contributed by atoms with van der Waals surface area (Å²) < 4.78 is 14.1. The van der Waals surface area contributed by atoms with Gasteiger partial charge in [-0.2, -0.15) is 0 Å². The number of benzene rings is 2. The molecule has 0 radical (unpaired) electrons. The molecule has 3 aromatic rings. The van der Waals surface area contributed by atoms with Gasteiger partial charge in [0.1, 0.15) is 5.82 Å². The van der Waals surface area contributed by atoms with Gasteiger partial charge < -0.3 is 0 Å². The Hall–Kier alpha value is -1.38. The standard InChI is InChI=1S/C16H12ClFS/c17-14(8-11-4-2-1-3-5-11)16-9-12-6-7-13(18)10-15(12)19-16/h1-7,9-10,14H,8H2. The van der Waals surface area contributed by atoms with Gasteiger partial charge >= 0.3 is 0 Å². The van der Waals surface area contributed by atoms with Gasteiger partial charge in [0.05, 0.1) is 5.38 Å². The van der Waals surface area contributed by atoms with Crippen LogP contribution in [0.25, 0.3) is 10.1 Å². The van der Waals surface area contributed by atoms with Crippen LogP contribution in [0.2, 0.25) is 0 Å². The molecule has 0 amide bonds. The van der Waals surface area contributed by atoms with E-state index in [9.17, 15) is 4.39 Å². The Labute approximate surface area is 120 Å². The Morgan fingerprint density at radius 3 is 2.63 bits per heavy atom. The van der Waals surface area contributed by atoms with Crippen molar-refractivity contribution in [2.24, 2.45) is 0 Å². The van der Waals surface area contributed by atoms with Gasteiger partial charge in [0.25, 0.3) is 0 Å². The molecule has 0 saturated heterocycles. The van der Waals surface area contributed by atoms with Crippen LogP contribution < -0.4 is 0 Å². The summed E-state index contributed by atoms with van der Waals surface area (Å²) >= 11 is 8.04. The predicted octanol–water partition coefficient (Wildman–Crippen LogP) is 5.56. The number of hydrogen-bond donors (Lipinski definition) is 0. The highest BCUT2D eigenvalue weighted by Crippen LogP contribution is 2.35. The Kier molecular flexibility index (Phi) is 3.54. The Morgan fingerprint density at radius 1 is 1.05 bits per heavy atom. The molecule has 0 aliphatic rings. The van der Waals surface area contributed by atoms with E-state index in [1.165, 1.54) is 11.6 Å². The molecular formula is C16H12ClFS. The van der Waals surface area contributed by atoms with Crippen molar-refractivity contribution in [3.63, 3.8) is 0 Å². The van der Waals surface area contributed by atoms with Crippen molar-refractivity contribution in [3.05, 3.63) is 70.9 Å². The van der Waals surface area contributed by atoms with Gasteiger partial charge in [0, 0.05) is 9.58 Å². The fraction of sp³-hybridized carbons (Fsp3) is 0.125. The number of thiophene rings is 1. The summed E-state index contributed by atoms with van der Waals surface area (Å²) in [5, 5.41) is 0.989. The van der Waals surface area contributed by atoms with Crippen molar-refractivity contribution in [2.45, 2.75) is 11.8 Å². The molecule has 1 unspecified atom stereocenters. The highest BCUT2D eigenvalue weighted by molar-refractivity contribution is 7.19. The number of rotatable bonds is 3. The summed E-state index contributed by atoms with van der Waals surface area (Å²) in [7, 11) is 0. The lowest BCUT2D eigenvalue weighted by Gasteiger charge is -2.06. The Bertz CT molecular complexity index is 690. The minimum Gasteiger partial charge on any atom is -0.207 e. The fourth-order valence-electron chi connectivity index (χ4n) is 2.10. The van der Waals surface area contributed by atoms with E-state index in [0.29, 0.717) is 0 Å². The first-order valence-electron chi connectivity index (χ1n) is 6.09. The van der Waals surface area contributed by atoms with Crippen LogP contribution >= 0.6 is 22.9 Å². The molecule has 3 heteroatoms. The average Bonchev–Trinajstić information content (AvgIpc) is 2.83. The van der Waals surface area contributed by atoms with Crippen molar-refractivity contribution >= 4 is 33.0 Å². The number of fused-ring (bicyclic) bond motifs is 1. The first-order chi connectivity index (χ1) is 9.22. The lowest BCUT2D eigenvalue weighted by molar-refractivity contribution is 0.630. The largest absolute Gasteiger partial charge is 0.207 e. The second-order valence-corrected chi connectivity index (χ2v) is 6.13. The van der Waals surface area contributed by atoms with Gasteiger partial charge in [0.2, 0.25) is 0 Å². The third-order valence-corrected chi connectivity index (χ3v) is 4.80. The Morgan fingerprint density at radius 2 is 1.84 bits per heavy atom. The van der Waals surface area contributed by atoms with E-state index >= 15 is 0 Å². The van der Waals surface area contributed by atoms with Crippen LogP contribution in [-0.4, -0.2) is 0 Å². The van der Waals surface area contributed by atoms with E-state index in [4.69, 9.17) is 11.6 Å². The second kappa shape index (κ2) is 5.32. The molecule has 1 aromatic heterocycles. The fourth-order valence-corrected chi connectivity index (χ4v) is 3.54. The highest BCUT2D eigenvalue weighted by Gasteiger charge is 2.12. The van der Waals surface area contributed by atoms with Crippen LogP contribution in [0.3, 0.4) is 0 Å². The van der Waals surface area contributed by atoms with Gasteiger partial charge in [-0.15, -0.1) is 22.9 Å². The molecule has 96 valence electrons. The van der Waals surface area contributed by atoms with E-state index in [2.05, 4.69) is 18.2 Å². The molecular weight excluding hydrogens is 279 g/mol. The molecule has 0 spiro atoms. The zero-order valence-electron chi connectivity index (χ0n) is 10.1. The summed E-state index contributed by atoms with van der Waals surface area (Å²) in [4.78, 5) is 1.09. The lowest BCUT2D eigenvalue weighted by Crippen LogP contribution is -1.92. The first kappa shape index (κ1) is 12.6. The zero-order valence-corrected chi connectivity index (χ0v) is 11.7. The molecule has 0 saturated carbocycles. The van der Waals surface area contributed by atoms with Gasteiger partial charge in [-0.05, 0) is 35.6 Å². The Balaban J connectivity index is 1.87. The molecule has 0 aliphatic carbocycles. The molecule has 0 fully saturated rings. The SMILES string of the molecule is Fc1ccc2cc(C(Cl)Cc3ccccc3)sc2c1. The summed E-state index contributed by atoms with van der Waals surface area (Å²) in [6, 6.07) is 17.1. The molecule has 0 N–H and O–H groups in total. The van der Waals surface area contributed by atoms with E-state index in [0.717, 1.165) is 21.4 Å². The maximum absolute atomic E-state index is 13.2. The quantitative estimate of drug-likeness (QED) is 0.554. The maximum atomic E-state index is 13.2. The number of alkyl halides is 1. The molecule has 19 heavy (non-hydrogen) atoms. The molecule has 1 atom stereocenters. The van der Waals surface area contributed by atoms with Crippen LogP contribution in [0.4, 0.5) is 4.39 Å². The second-order valence-electron chi connectivity index (χ2n) is 4.49. The van der Waals surface area contributed by atoms with Gasteiger partial charge in [-0.3, -0.25) is 0 Å². The van der Waals surface area contributed by atoms with E-state index < -0.39 is 0 Å². The third-order valence-electron chi connectivity index (χ3n) is 3.07. The van der Waals surface area contributed by atoms with E-state index in [1.54, 1.807) is 23.5 Å². The van der Waals surface area contributed by atoms with Gasteiger partial charge in [0.15, 0.2) is 0 Å². The minimum atomic E-state index is -0.199. The summed E-state index contributed by atoms with van der Waals surface area (Å²) in [5.74, 6) is -0.199. The van der Waals surface area contributed by atoms with Crippen molar-refractivity contribution in [1.82, 2.24) is 0 Å². The zero-order chi connectivity index (χ0) is 13.2. The monoisotopic (exact) mass is 290 g/mol. The van der Waals surface area contributed by atoms with Gasteiger partial charge in [-0.25, -0.2) is 4.39 Å². The number of halogens is 2. The first-order valence-corrected chi connectivity index (χ1v) is 7.34. The smallest absolute Gasteiger partial charge is 0.124 e. The van der Waals surface area contributed by atoms with Crippen LogP contribution in [-0.2, 0) is 6.42 Å². The van der Waals surface area contributed by atoms with E-state index in [-0.39, 0.29) is 11.2 Å².